The summed E-state index contributed by atoms with van der Waals surface area (Å²) >= 11 is 0. The fourth-order valence-electron chi connectivity index (χ4n) is 3.57. The van der Waals surface area contributed by atoms with Crippen LogP contribution in [0.2, 0.25) is 0 Å². The van der Waals surface area contributed by atoms with E-state index in [0.717, 1.165) is 33.2 Å². The number of rotatable bonds is 5. The van der Waals surface area contributed by atoms with E-state index in [-0.39, 0.29) is 5.82 Å². The first-order valence-corrected chi connectivity index (χ1v) is 9.98. The minimum absolute atomic E-state index is 0.265. The zero-order chi connectivity index (χ0) is 22.2. The van der Waals surface area contributed by atoms with Gasteiger partial charge in [0.2, 0.25) is 0 Å². The smallest absolute Gasteiger partial charge is 0.186 e. The van der Waals surface area contributed by atoms with Gasteiger partial charge in [0.1, 0.15) is 0 Å². The summed E-state index contributed by atoms with van der Waals surface area (Å²) in [5.74, 6) is 7.03. The number of hydrazine groups is 1. The molecule has 0 radical (unpaired) electrons. The van der Waals surface area contributed by atoms with Crippen LogP contribution in [-0.2, 0) is 20.6 Å². The van der Waals surface area contributed by atoms with Crippen molar-refractivity contribution in [2.24, 2.45) is 19.9 Å². The van der Waals surface area contributed by atoms with Crippen LogP contribution in [0.15, 0.2) is 61.4 Å². The Morgan fingerprint density at radius 1 is 0.875 bits per heavy atom. The molecule has 0 aliphatic rings. The third-order valence-electron chi connectivity index (χ3n) is 5.19. The Balaban J connectivity index is 1.43. The number of fused-ring (bicyclic) bond motifs is 1. The van der Waals surface area contributed by atoms with Gasteiger partial charge in [0, 0.05) is 54.8 Å². The molecule has 10 nitrogen and oxygen atoms in total. The molecule has 5 aromatic rings. The Kier molecular flexibility index (Phi) is 4.75. The van der Waals surface area contributed by atoms with Crippen molar-refractivity contribution < 1.29 is 0 Å². The summed E-state index contributed by atoms with van der Waals surface area (Å²) in [7, 11) is 3.74. The van der Waals surface area contributed by atoms with Gasteiger partial charge in [-0.1, -0.05) is 6.07 Å². The van der Waals surface area contributed by atoms with Crippen LogP contribution in [-0.4, -0.2) is 34.5 Å². The lowest BCUT2D eigenvalue weighted by atomic mass is 10.1. The van der Waals surface area contributed by atoms with E-state index in [1.54, 1.807) is 21.8 Å². The first kappa shape index (κ1) is 19.6. The molecule has 10 heteroatoms. The van der Waals surface area contributed by atoms with Gasteiger partial charge in [-0.2, -0.15) is 10.2 Å². The highest BCUT2D eigenvalue weighted by atomic mass is 15.4. The Bertz CT molecular complexity index is 1420. The molecule has 0 aliphatic carbocycles. The standard InChI is InChI=1S/C22H22N10/c1-30-12-17(8-27-30)16-6-15-5-14(3-4-19(15)25-7-16)11-32(24)22-21(23)26-10-20(29-22)18-9-28-31(2)13-18/h3-10,12-13H,11,24H2,1-2H3,(H2,23,26). The molecule has 0 amide bonds. The molecule has 0 bridgehead atoms. The molecule has 0 unspecified atom stereocenters. The highest BCUT2D eigenvalue weighted by Crippen LogP contribution is 2.26. The lowest BCUT2D eigenvalue weighted by Crippen LogP contribution is -2.32. The van der Waals surface area contributed by atoms with Gasteiger partial charge in [-0.3, -0.25) is 19.4 Å². The van der Waals surface area contributed by atoms with Gasteiger partial charge in [-0.25, -0.2) is 15.8 Å². The quantitative estimate of drug-likeness (QED) is 0.323. The lowest BCUT2D eigenvalue weighted by Gasteiger charge is -2.19. The monoisotopic (exact) mass is 426 g/mol. The number of aromatic nitrogens is 7. The van der Waals surface area contributed by atoms with Crippen LogP contribution in [0, 0.1) is 0 Å². The molecule has 1 aromatic carbocycles. The highest BCUT2D eigenvalue weighted by molar-refractivity contribution is 5.84. The predicted octanol–water partition coefficient (Wildman–Crippen LogP) is 2.29. The number of nitrogens with two attached hydrogens (primary N) is 2. The molecule has 0 saturated heterocycles. The Hall–Kier alpha value is -4.31. The summed E-state index contributed by atoms with van der Waals surface area (Å²) in [5.41, 5.74) is 11.5. The molecule has 0 atom stereocenters. The van der Waals surface area contributed by atoms with Crippen molar-refractivity contribution in [1.82, 2.24) is 34.5 Å². The molecule has 0 aliphatic heterocycles. The number of benzene rings is 1. The highest BCUT2D eigenvalue weighted by Gasteiger charge is 2.14. The van der Waals surface area contributed by atoms with Crippen LogP contribution >= 0.6 is 0 Å². The molecule has 4 aromatic heterocycles. The molecule has 160 valence electrons. The SMILES string of the molecule is Cn1cc(-c2cnc3ccc(CN(N)c4nc(-c5cnn(C)c5)cnc4N)cc3c2)cn1. The van der Waals surface area contributed by atoms with Gasteiger partial charge in [-0.15, -0.1) is 0 Å². The number of nitrogen functional groups attached to an aromatic ring is 1. The number of hydrogen-bond donors (Lipinski definition) is 2. The second-order valence-electron chi connectivity index (χ2n) is 7.65. The van der Waals surface area contributed by atoms with Crippen LogP contribution in [0.3, 0.4) is 0 Å². The summed E-state index contributed by atoms with van der Waals surface area (Å²) in [5, 5.41) is 10.9. The molecule has 0 fully saturated rings. The average molecular weight is 426 g/mol. The van der Waals surface area contributed by atoms with Crippen LogP contribution in [0.25, 0.3) is 33.3 Å². The number of pyridine rings is 1. The summed E-state index contributed by atoms with van der Waals surface area (Å²) in [6.45, 7) is 0.405. The van der Waals surface area contributed by atoms with E-state index in [1.165, 1.54) is 5.01 Å². The lowest BCUT2D eigenvalue weighted by molar-refractivity contribution is 0.768. The maximum atomic E-state index is 6.35. The first-order chi connectivity index (χ1) is 15.5. The topological polar surface area (TPSA) is 130 Å². The van der Waals surface area contributed by atoms with Gasteiger partial charge in [0.15, 0.2) is 11.6 Å². The van der Waals surface area contributed by atoms with E-state index in [0.29, 0.717) is 18.1 Å². The first-order valence-electron chi connectivity index (χ1n) is 9.98. The third kappa shape index (κ3) is 3.74. The van der Waals surface area contributed by atoms with Gasteiger partial charge in [0.25, 0.3) is 0 Å². The number of nitrogens with zero attached hydrogens (tertiary/aromatic N) is 8. The second-order valence-corrected chi connectivity index (χ2v) is 7.65. The molecule has 0 spiro atoms. The van der Waals surface area contributed by atoms with E-state index >= 15 is 0 Å². The van der Waals surface area contributed by atoms with Crippen molar-refractivity contribution in [3.05, 3.63) is 67.0 Å². The molecular formula is C22H22N10. The summed E-state index contributed by atoms with van der Waals surface area (Å²) in [4.78, 5) is 13.4. The van der Waals surface area contributed by atoms with Gasteiger partial charge in [0.05, 0.1) is 36.3 Å². The maximum absolute atomic E-state index is 6.35. The van der Waals surface area contributed by atoms with E-state index in [4.69, 9.17) is 11.6 Å². The maximum Gasteiger partial charge on any atom is 0.186 e. The number of hydrogen-bond acceptors (Lipinski definition) is 8. The van der Waals surface area contributed by atoms with Crippen LogP contribution in [0.4, 0.5) is 11.6 Å². The fraction of sp³-hybridized carbons (Fsp3) is 0.136. The predicted molar refractivity (Wildman–Crippen MR) is 123 cm³/mol. The zero-order valence-corrected chi connectivity index (χ0v) is 17.7. The third-order valence-corrected chi connectivity index (χ3v) is 5.19. The van der Waals surface area contributed by atoms with Crippen molar-refractivity contribution in [2.75, 3.05) is 10.7 Å². The second kappa shape index (κ2) is 7.75. The van der Waals surface area contributed by atoms with E-state index in [1.807, 2.05) is 51.0 Å². The molecule has 0 saturated carbocycles. The van der Waals surface area contributed by atoms with Crippen molar-refractivity contribution in [1.29, 1.82) is 0 Å². The number of anilines is 2. The van der Waals surface area contributed by atoms with E-state index in [2.05, 4.69) is 37.3 Å². The largest absolute Gasteiger partial charge is 0.381 e. The van der Waals surface area contributed by atoms with Crippen molar-refractivity contribution >= 4 is 22.5 Å². The minimum Gasteiger partial charge on any atom is -0.381 e. The van der Waals surface area contributed by atoms with E-state index in [9.17, 15) is 0 Å². The zero-order valence-electron chi connectivity index (χ0n) is 17.7. The Labute approximate surface area is 184 Å². The van der Waals surface area contributed by atoms with Crippen molar-refractivity contribution in [3.8, 4) is 22.4 Å². The Morgan fingerprint density at radius 2 is 1.62 bits per heavy atom. The van der Waals surface area contributed by atoms with Gasteiger partial charge >= 0.3 is 0 Å². The Morgan fingerprint density at radius 3 is 2.34 bits per heavy atom. The van der Waals surface area contributed by atoms with Crippen LogP contribution in [0.5, 0.6) is 0 Å². The average Bonchev–Trinajstić information content (AvgIpc) is 3.42. The fourth-order valence-corrected chi connectivity index (χ4v) is 3.57. The van der Waals surface area contributed by atoms with Crippen molar-refractivity contribution in [3.63, 3.8) is 0 Å². The minimum atomic E-state index is 0.265. The molecule has 4 heterocycles. The summed E-state index contributed by atoms with van der Waals surface area (Å²) in [6, 6.07) is 8.14. The van der Waals surface area contributed by atoms with E-state index < -0.39 is 0 Å². The normalized spacial score (nSPS) is 11.2. The molecule has 5 rings (SSSR count). The summed E-state index contributed by atoms with van der Waals surface area (Å²) in [6.07, 6.45) is 10.8. The molecule has 4 N–H and O–H groups in total. The van der Waals surface area contributed by atoms with Gasteiger partial charge < -0.3 is 5.73 Å². The number of aryl methyl sites for hydroxylation is 2. The molecule has 32 heavy (non-hydrogen) atoms. The van der Waals surface area contributed by atoms with Gasteiger partial charge in [-0.05, 0) is 23.8 Å². The van der Waals surface area contributed by atoms with Crippen molar-refractivity contribution in [2.45, 2.75) is 6.54 Å². The van der Waals surface area contributed by atoms with Crippen LogP contribution in [0.1, 0.15) is 5.56 Å². The summed E-state index contributed by atoms with van der Waals surface area (Å²) < 4.78 is 3.48. The van der Waals surface area contributed by atoms with Crippen LogP contribution < -0.4 is 16.6 Å². The molecular weight excluding hydrogens is 404 g/mol.